The third-order valence-corrected chi connectivity index (χ3v) is 9.15. The monoisotopic (exact) mass is 637 g/mol. The SMILES string of the molecule is COC(=O)C1=C(C2CCN(c3ncc(C(=O)OC)s3)CC2)NC(c2nccs2)=NC1c1ccc(F)c(F)c1Br. The standard InChI is InChI=1S/C25H22BrF2N5O4S2/c1-36-23(34)15-11-30-25(39-15)33-8-5-12(6-9-33)19-16(24(35)37-2)20(13-3-4-14(27)18(28)17(13)26)32-21(31-19)22-29-7-10-38-22/h3-4,7,10-12,20H,5-6,8-9H2,1-2H3,(H,31,32). The van der Waals surface area contributed by atoms with Gasteiger partial charge in [-0.05, 0) is 40.4 Å². The number of aliphatic imine (C=N–C) groups is 1. The zero-order chi connectivity index (χ0) is 27.7. The van der Waals surface area contributed by atoms with Gasteiger partial charge in [0.2, 0.25) is 0 Å². The van der Waals surface area contributed by atoms with Crippen molar-refractivity contribution in [1.82, 2.24) is 15.3 Å². The molecule has 3 aromatic rings. The van der Waals surface area contributed by atoms with Gasteiger partial charge < -0.3 is 19.7 Å². The summed E-state index contributed by atoms with van der Waals surface area (Å²) in [4.78, 5) is 41.0. The Balaban J connectivity index is 1.51. The molecule has 1 saturated heterocycles. The highest BCUT2D eigenvalue weighted by molar-refractivity contribution is 9.10. The van der Waals surface area contributed by atoms with Crippen LogP contribution in [0.1, 0.15) is 39.1 Å². The van der Waals surface area contributed by atoms with Crippen LogP contribution in [0.25, 0.3) is 0 Å². The van der Waals surface area contributed by atoms with Gasteiger partial charge in [-0.2, -0.15) is 0 Å². The van der Waals surface area contributed by atoms with E-state index in [4.69, 9.17) is 14.5 Å². The van der Waals surface area contributed by atoms with Crippen molar-refractivity contribution in [3.63, 3.8) is 0 Å². The topological polar surface area (TPSA) is 106 Å². The summed E-state index contributed by atoms with van der Waals surface area (Å²) in [7, 11) is 2.60. The van der Waals surface area contributed by atoms with Crippen LogP contribution < -0.4 is 10.2 Å². The van der Waals surface area contributed by atoms with Crippen LogP contribution >= 0.6 is 38.6 Å². The normalized spacial score (nSPS) is 18.0. The summed E-state index contributed by atoms with van der Waals surface area (Å²) in [5, 5.41) is 6.42. The van der Waals surface area contributed by atoms with E-state index in [1.165, 1.54) is 49.2 Å². The second kappa shape index (κ2) is 11.5. The number of aromatic nitrogens is 2. The third kappa shape index (κ3) is 5.32. The maximum Gasteiger partial charge on any atom is 0.349 e. The van der Waals surface area contributed by atoms with E-state index in [0.717, 1.165) is 6.07 Å². The number of amidine groups is 1. The van der Waals surface area contributed by atoms with Crippen molar-refractivity contribution in [2.75, 3.05) is 32.2 Å². The molecule has 1 fully saturated rings. The quantitative estimate of drug-likeness (QED) is 0.302. The van der Waals surface area contributed by atoms with E-state index in [1.54, 1.807) is 11.6 Å². The van der Waals surface area contributed by atoms with Gasteiger partial charge in [-0.3, -0.25) is 4.99 Å². The number of allylic oxidation sites excluding steroid dienone is 1. The largest absolute Gasteiger partial charge is 0.466 e. The van der Waals surface area contributed by atoms with Crippen molar-refractivity contribution in [1.29, 1.82) is 0 Å². The van der Waals surface area contributed by atoms with Crippen molar-refractivity contribution in [2.24, 2.45) is 10.9 Å². The molecule has 0 amide bonds. The lowest BCUT2D eigenvalue weighted by Gasteiger charge is -2.36. The molecule has 14 heteroatoms. The first-order valence-electron chi connectivity index (χ1n) is 11.8. The molecular weight excluding hydrogens is 616 g/mol. The number of benzene rings is 1. The number of halogens is 3. The van der Waals surface area contributed by atoms with Crippen LogP contribution in [0.15, 0.2) is 50.6 Å². The van der Waals surface area contributed by atoms with E-state index in [1.807, 2.05) is 0 Å². The second-order valence-electron chi connectivity index (χ2n) is 8.69. The Morgan fingerprint density at radius 2 is 1.87 bits per heavy atom. The van der Waals surface area contributed by atoms with E-state index >= 15 is 0 Å². The Morgan fingerprint density at radius 1 is 1.13 bits per heavy atom. The van der Waals surface area contributed by atoms with Crippen molar-refractivity contribution in [3.05, 3.63) is 72.7 Å². The first-order chi connectivity index (χ1) is 18.8. The summed E-state index contributed by atoms with van der Waals surface area (Å²) in [6.45, 7) is 1.23. The van der Waals surface area contributed by atoms with Gasteiger partial charge in [-0.1, -0.05) is 17.4 Å². The Kier molecular flexibility index (Phi) is 8.05. The van der Waals surface area contributed by atoms with Crippen molar-refractivity contribution in [2.45, 2.75) is 18.9 Å². The van der Waals surface area contributed by atoms with Crippen molar-refractivity contribution in [3.8, 4) is 0 Å². The molecule has 5 rings (SSSR count). The number of hydrogen-bond donors (Lipinski definition) is 1. The number of rotatable bonds is 6. The number of nitrogens with zero attached hydrogens (tertiary/aromatic N) is 4. The van der Waals surface area contributed by atoms with Crippen molar-refractivity contribution < 1.29 is 27.8 Å². The van der Waals surface area contributed by atoms with Crippen LogP contribution in [0.4, 0.5) is 13.9 Å². The summed E-state index contributed by atoms with van der Waals surface area (Å²) >= 11 is 5.79. The molecule has 1 aromatic carbocycles. The molecule has 4 heterocycles. The number of hydrogen-bond acceptors (Lipinski definition) is 11. The fourth-order valence-corrected chi connectivity index (χ4v) is 6.63. The molecule has 2 aliphatic rings. The maximum atomic E-state index is 14.6. The fraction of sp³-hybridized carbons (Fsp3) is 0.320. The number of carbonyl (C=O) groups is 2. The number of nitrogens with one attached hydrogen (secondary N) is 1. The van der Waals surface area contributed by atoms with Gasteiger partial charge >= 0.3 is 11.9 Å². The molecule has 1 N–H and O–H groups in total. The zero-order valence-electron chi connectivity index (χ0n) is 20.7. The minimum atomic E-state index is -1.06. The van der Waals surface area contributed by atoms with Crippen molar-refractivity contribution >= 4 is 61.5 Å². The van der Waals surface area contributed by atoms with E-state index in [0.29, 0.717) is 52.5 Å². The van der Waals surface area contributed by atoms with Crippen LogP contribution in [0.2, 0.25) is 0 Å². The minimum absolute atomic E-state index is 0.104. The van der Waals surface area contributed by atoms with E-state index in [-0.39, 0.29) is 21.5 Å². The van der Waals surface area contributed by atoms with Crippen LogP contribution in [-0.4, -0.2) is 55.1 Å². The molecule has 0 aliphatic carbocycles. The summed E-state index contributed by atoms with van der Waals surface area (Å²) < 4.78 is 38.4. The highest BCUT2D eigenvalue weighted by atomic mass is 79.9. The van der Waals surface area contributed by atoms with Crippen LogP contribution in [0, 0.1) is 17.6 Å². The molecule has 2 aromatic heterocycles. The van der Waals surface area contributed by atoms with Gasteiger partial charge in [0.15, 0.2) is 27.6 Å². The average Bonchev–Trinajstić information content (AvgIpc) is 3.68. The molecule has 0 radical (unpaired) electrons. The van der Waals surface area contributed by atoms with Crippen LogP contribution in [-0.2, 0) is 14.3 Å². The van der Waals surface area contributed by atoms with Gasteiger partial charge in [0.05, 0.1) is 30.5 Å². The van der Waals surface area contributed by atoms with Gasteiger partial charge in [0.25, 0.3) is 0 Å². The summed E-state index contributed by atoms with van der Waals surface area (Å²) in [5.74, 6) is -2.81. The Bertz CT molecular complexity index is 1470. The lowest BCUT2D eigenvalue weighted by molar-refractivity contribution is -0.136. The minimum Gasteiger partial charge on any atom is -0.466 e. The fourth-order valence-electron chi connectivity index (χ4n) is 4.61. The number of thiazole rings is 2. The lowest BCUT2D eigenvalue weighted by Crippen LogP contribution is -2.41. The molecule has 0 bridgehead atoms. The third-order valence-electron chi connectivity index (χ3n) is 6.53. The molecule has 0 saturated carbocycles. The van der Waals surface area contributed by atoms with Gasteiger partial charge in [-0.25, -0.2) is 28.3 Å². The highest BCUT2D eigenvalue weighted by Crippen LogP contribution is 2.41. The Labute approximate surface area is 238 Å². The number of carbonyl (C=O) groups excluding carboxylic acids is 2. The first kappa shape index (κ1) is 27.3. The average molecular weight is 639 g/mol. The molecular formula is C25H22BrF2N5O4S2. The smallest absolute Gasteiger partial charge is 0.349 e. The maximum absolute atomic E-state index is 14.6. The predicted octanol–water partition coefficient (Wildman–Crippen LogP) is 4.86. The van der Waals surface area contributed by atoms with E-state index < -0.39 is 29.6 Å². The second-order valence-corrected chi connectivity index (χ2v) is 11.4. The molecule has 1 unspecified atom stereocenters. The molecule has 0 spiro atoms. The van der Waals surface area contributed by atoms with Crippen LogP contribution in [0.5, 0.6) is 0 Å². The van der Waals surface area contributed by atoms with Gasteiger partial charge in [-0.15, -0.1) is 11.3 Å². The first-order valence-corrected chi connectivity index (χ1v) is 14.3. The molecule has 2 aliphatic heterocycles. The Morgan fingerprint density at radius 3 is 2.54 bits per heavy atom. The van der Waals surface area contributed by atoms with Gasteiger partial charge in [0, 0.05) is 36.3 Å². The predicted molar refractivity (Wildman–Crippen MR) is 146 cm³/mol. The molecule has 204 valence electrons. The zero-order valence-corrected chi connectivity index (χ0v) is 24.0. The molecule has 9 nitrogen and oxygen atoms in total. The summed E-state index contributed by atoms with van der Waals surface area (Å²) in [6, 6.07) is 1.46. The van der Waals surface area contributed by atoms with Crippen LogP contribution in [0.3, 0.4) is 0 Å². The molecule has 1 atom stereocenters. The number of piperidine rings is 1. The van der Waals surface area contributed by atoms with E-state index in [2.05, 4.69) is 36.1 Å². The number of ether oxygens (including phenoxy) is 2. The number of anilines is 1. The number of esters is 2. The molecule has 39 heavy (non-hydrogen) atoms. The number of methoxy groups -OCH3 is 2. The summed E-state index contributed by atoms with van der Waals surface area (Å²) in [6.07, 6.45) is 4.43. The highest BCUT2D eigenvalue weighted by Gasteiger charge is 2.38. The summed E-state index contributed by atoms with van der Waals surface area (Å²) in [5.41, 5.74) is 1.13. The Hall–Kier alpha value is -3.23. The van der Waals surface area contributed by atoms with E-state index in [9.17, 15) is 18.4 Å². The van der Waals surface area contributed by atoms with Gasteiger partial charge in [0.1, 0.15) is 10.9 Å². The lowest BCUT2D eigenvalue weighted by atomic mass is 9.86.